The molecule has 0 unspecified atom stereocenters. The number of aromatic nitrogens is 2. The van der Waals surface area contributed by atoms with Crippen molar-refractivity contribution in [2.75, 3.05) is 13.1 Å². The number of hydrogen-bond donors (Lipinski definition) is 1. The van der Waals surface area contributed by atoms with E-state index in [1.165, 1.54) is 10.5 Å². The summed E-state index contributed by atoms with van der Waals surface area (Å²) in [4.78, 5) is 11.2. The first-order chi connectivity index (χ1) is 9.36. The quantitative estimate of drug-likeness (QED) is 0.883. The third kappa shape index (κ3) is 2.71. The van der Waals surface area contributed by atoms with Crippen molar-refractivity contribution < 1.29 is 18.3 Å². The number of rotatable bonds is 4. The third-order valence-corrected chi connectivity index (χ3v) is 5.54. The number of aryl methyl sites for hydroxylation is 2. The number of sulfonamides is 1. The largest absolute Gasteiger partial charge is 0.481 e. The highest BCUT2D eigenvalue weighted by molar-refractivity contribution is 7.89. The predicted octanol–water partition coefficient (Wildman–Crippen LogP) is 0.697. The Labute approximate surface area is 118 Å². The molecule has 1 N–H and O–H groups in total. The molecule has 8 heteroatoms. The maximum Gasteiger partial charge on any atom is 0.307 e. The van der Waals surface area contributed by atoms with Crippen LogP contribution in [-0.2, 0) is 21.4 Å². The Morgan fingerprint density at radius 2 is 2.25 bits per heavy atom. The van der Waals surface area contributed by atoms with Gasteiger partial charge in [-0.1, -0.05) is 0 Å². The van der Waals surface area contributed by atoms with Gasteiger partial charge in [-0.2, -0.15) is 9.40 Å². The number of piperidine rings is 1. The highest BCUT2D eigenvalue weighted by Gasteiger charge is 2.34. The summed E-state index contributed by atoms with van der Waals surface area (Å²) in [5.74, 6) is -1.56. The second-order valence-electron chi connectivity index (χ2n) is 4.97. The SMILES string of the molecule is CCn1cc(S(=O)(=O)N2CCC[C@@H](C(=O)O)C2)c(C)n1. The lowest BCUT2D eigenvalue weighted by atomic mass is 10.0. The number of carboxylic acids is 1. The standard InChI is InChI=1S/C12H19N3O4S/c1-3-14-8-11(9(2)13-14)20(18,19)15-6-4-5-10(7-15)12(16)17/h8,10H,3-7H2,1-2H3,(H,16,17)/t10-/m1/s1. The van der Waals surface area contributed by atoms with Crippen LogP contribution in [-0.4, -0.2) is 46.7 Å². The summed E-state index contributed by atoms with van der Waals surface area (Å²) in [6, 6.07) is 0. The van der Waals surface area contributed by atoms with Gasteiger partial charge in [0, 0.05) is 25.8 Å². The van der Waals surface area contributed by atoms with Gasteiger partial charge in [0.25, 0.3) is 0 Å². The second kappa shape index (κ2) is 5.53. The third-order valence-electron chi connectivity index (χ3n) is 3.58. The van der Waals surface area contributed by atoms with Gasteiger partial charge in [-0.05, 0) is 26.7 Å². The summed E-state index contributed by atoms with van der Waals surface area (Å²) < 4.78 is 28.0. The molecule has 2 heterocycles. The lowest BCUT2D eigenvalue weighted by Crippen LogP contribution is -2.42. The van der Waals surface area contributed by atoms with Crippen LogP contribution in [0.15, 0.2) is 11.1 Å². The molecule has 1 aromatic rings. The Morgan fingerprint density at radius 1 is 1.55 bits per heavy atom. The van der Waals surface area contributed by atoms with Gasteiger partial charge in [0.1, 0.15) is 4.90 Å². The maximum absolute atomic E-state index is 12.6. The van der Waals surface area contributed by atoms with Crippen molar-refractivity contribution >= 4 is 16.0 Å². The average Bonchev–Trinajstić information content (AvgIpc) is 2.81. The van der Waals surface area contributed by atoms with Crippen molar-refractivity contribution in [3.05, 3.63) is 11.9 Å². The topological polar surface area (TPSA) is 92.5 Å². The molecule has 20 heavy (non-hydrogen) atoms. The van der Waals surface area contributed by atoms with Crippen molar-refractivity contribution in [2.45, 2.75) is 38.1 Å². The Balaban J connectivity index is 2.29. The molecule has 1 fully saturated rings. The van der Waals surface area contributed by atoms with Crippen LogP contribution in [0.25, 0.3) is 0 Å². The van der Waals surface area contributed by atoms with Gasteiger partial charge < -0.3 is 5.11 Å². The number of hydrogen-bond acceptors (Lipinski definition) is 4. The first-order valence-electron chi connectivity index (χ1n) is 6.63. The highest BCUT2D eigenvalue weighted by Crippen LogP contribution is 2.25. The summed E-state index contributed by atoms with van der Waals surface area (Å²) in [5, 5.41) is 13.2. The Bertz CT molecular complexity index is 608. The van der Waals surface area contributed by atoms with Crippen LogP contribution in [0, 0.1) is 12.8 Å². The molecule has 0 bridgehead atoms. The van der Waals surface area contributed by atoms with Gasteiger partial charge in [-0.25, -0.2) is 8.42 Å². The molecular weight excluding hydrogens is 282 g/mol. The Kier molecular flexibility index (Phi) is 4.14. The normalized spacial score (nSPS) is 21.0. The van der Waals surface area contributed by atoms with Crippen LogP contribution in [0.2, 0.25) is 0 Å². The van der Waals surface area contributed by atoms with Crippen molar-refractivity contribution in [3.63, 3.8) is 0 Å². The molecule has 1 aliphatic heterocycles. The van der Waals surface area contributed by atoms with Gasteiger partial charge >= 0.3 is 5.97 Å². The summed E-state index contributed by atoms with van der Waals surface area (Å²) in [6.45, 7) is 4.52. The van der Waals surface area contributed by atoms with Gasteiger partial charge in [0.05, 0.1) is 11.6 Å². The molecule has 0 saturated carbocycles. The molecular formula is C12H19N3O4S. The van der Waals surface area contributed by atoms with Crippen LogP contribution in [0.1, 0.15) is 25.5 Å². The molecule has 0 spiro atoms. The van der Waals surface area contributed by atoms with Crippen LogP contribution in [0.3, 0.4) is 0 Å². The van der Waals surface area contributed by atoms with Crippen LogP contribution < -0.4 is 0 Å². The lowest BCUT2D eigenvalue weighted by molar-refractivity contribution is -0.142. The lowest BCUT2D eigenvalue weighted by Gasteiger charge is -2.29. The molecule has 2 rings (SSSR count). The van der Waals surface area contributed by atoms with E-state index in [0.29, 0.717) is 31.6 Å². The highest BCUT2D eigenvalue weighted by atomic mass is 32.2. The zero-order valence-electron chi connectivity index (χ0n) is 11.6. The van der Waals surface area contributed by atoms with E-state index in [0.717, 1.165) is 0 Å². The molecule has 1 aromatic heterocycles. The van der Waals surface area contributed by atoms with E-state index < -0.39 is 21.9 Å². The monoisotopic (exact) mass is 301 g/mol. The fraction of sp³-hybridized carbons (Fsp3) is 0.667. The van der Waals surface area contributed by atoms with E-state index in [1.807, 2.05) is 6.92 Å². The maximum atomic E-state index is 12.6. The van der Waals surface area contributed by atoms with Crippen molar-refractivity contribution in [2.24, 2.45) is 5.92 Å². The Hall–Kier alpha value is -1.41. The van der Waals surface area contributed by atoms with Gasteiger partial charge in [0.2, 0.25) is 10.0 Å². The van der Waals surface area contributed by atoms with E-state index in [9.17, 15) is 13.2 Å². The first kappa shape index (κ1) is 15.0. The average molecular weight is 301 g/mol. The van der Waals surface area contributed by atoms with E-state index in [1.54, 1.807) is 11.6 Å². The zero-order valence-corrected chi connectivity index (χ0v) is 12.4. The van der Waals surface area contributed by atoms with E-state index in [-0.39, 0.29) is 11.4 Å². The molecule has 1 saturated heterocycles. The summed E-state index contributed by atoms with van der Waals surface area (Å²) in [6.07, 6.45) is 2.60. The first-order valence-corrected chi connectivity index (χ1v) is 8.07. The molecule has 0 aliphatic carbocycles. The second-order valence-corrected chi connectivity index (χ2v) is 6.88. The van der Waals surface area contributed by atoms with Crippen LogP contribution in [0.5, 0.6) is 0 Å². The summed E-state index contributed by atoms with van der Waals surface area (Å²) in [5.41, 5.74) is 0.448. The number of carbonyl (C=O) groups is 1. The van der Waals surface area contributed by atoms with Crippen molar-refractivity contribution in [3.8, 4) is 0 Å². The van der Waals surface area contributed by atoms with Crippen LogP contribution in [0.4, 0.5) is 0 Å². The minimum atomic E-state index is -3.66. The fourth-order valence-corrected chi connectivity index (χ4v) is 4.11. The molecule has 0 aromatic carbocycles. The zero-order chi connectivity index (χ0) is 14.9. The van der Waals surface area contributed by atoms with E-state index in [2.05, 4.69) is 5.10 Å². The van der Waals surface area contributed by atoms with Gasteiger partial charge in [0.15, 0.2) is 0 Å². The molecule has 1 atom stereocenters. The predicted molar refractivity (Wildman–Crippen MR) is 71.8 cm³/mol. The molecule has 0 amide bonds. The minimum Gasteiger partial charge on any atom is -0.481 e. The van der Waals surface area contributed by atoms with Gasteiger partial charge in [-0.3, -0.25) is 9.48 Å². The van der Waals surface area contributed by atoms with Gasteiger partial charge in [-0.15, -0.1) is 0 Å². The van der Waals surface area contributed by atoms with Crippen LogP contribution >= 0.6 is 0 Å². The minimum absolute atomic E-state index is 0.0361. The smallest absolute Gasteiger partial charge is 0.307 e. The van der Waals surface area contributed by atoms with Crippen molar-refractivity contribution in [1.29, 1.82) is 0 Å². The summed E-state index contributed by atoms with van der Waals surface area (Å²) in [7, 11) is -3.66. The van der Waals surface area contributed by atoms with Crippen molar-refractivity contribution in [1.82, 2.24) is 14.1 Å². The van der Waals surface area contributed by atoms with E-state index in [4.69, 9.17) is 5.11 Å². The Morgan fingerprint density at radius 3 is 2.80 bits per heavy atom. The molecule has 112 valence electrons. The fourth-order valence-electron chi connectivity index (χ4n) is 2.42. The molecule has 1 aliphatic rings. The number of carboxylic acid groups (broad SMARTS) is 1. The molecule has 7 nitrogen and oxygen atoms in total. The summed E-state index contributed by atoms with van der Waals surface area (Å²) >= 11 is 0. The van der Waals surface area contributed by atoms with E-state index >= 15 is 0 Å². The molecule has 0 radical (unpaired) electrons. The number of nitrogens with zero attached hydrogens (tertiary/aromatic N) is 3. The number of aliphatic carboxylic acids is 1.